The predicted molar refractivity (Wildman–Crippen MR) is 113 cm³/mol. The fourth-order valence-corrected chi connectivity index (χ4v) is 3.59. The number of H-pyrrole nitrogens is 2. The van der Waals surface area contributed by atoms with Crippen molar-refractivity contribution in [3.63, 3.8) is 0 Å². The van der Waals surface area contributed by atoms with Gasteiger partial charge in [-0.3, -0.25) is 10.2 Å². The summed E-state index contributed by atoms with van der Waals surface area (Å²) in [6.07, 6.45) is 5.08. The molecule has 0 aliphatic heterocycles. The van der Waals surface area contributed by atoms with Crippen LogP contribution in [0.2, 0.25) is 0 Å². The van der Waals surface area contributed by atoms with Gasteiger partial charge in [-0.25, -0.2) is 13.8 Å². The van der Waals surface area contributed by atoms with E-state index in [9.17, 15) is 8.78 Å². The topological polar surface area (TPSA) is 98.4 Å². The highest BCUT2D eigenvalue weighted by Gasteiger charge is 2.26. The largest absolute Gasteiger partial charge is 0.334 e. The zero-order valence-corrected chi connectivity index (χ0v) is 17.2. The van der Waals surface area contributed by atoms with Gasteiger partial charge in [0, 0.05) is 35.7 Å². The molecule has 0 bridgehead atoms. The summed E-state index contributed by atoms with van der Waals surface area (Å²) < 4.78 is 28.5. The van der Waals surface area contributed by atoms with E-state index in [-0.39, 0.29) is 17.7 Å². The van der Waals surface area contributed by atoms with Gasteiger partial charge in [0.1, 0.15) is 5.82 Å². The first-order chi connectivity index (χ1) is 15.0. The molecule has 3 heterocycles. The first kappa shape index (κ1) is 19.4. The van der Waals surface area contributed by atoms with Gasteiger partial charge < -0.3 is 10.2 Å². The normalized spacial score (nSPS) is 13.8. The Morgan fingerprint density at radius 3 is 2.77 bits per heavy atom. The summed E-state index contributed by atoms with van der Waals surface area (Å²) in [7, 11) is 0. The van der Waals surface area contributed by atoms with Gasteiger partial charge in [-0.1, -0.05) is 0 Å². The van der Waals surface area contributed by atoms with Crippen molar-refractivity contribution in [1.82, 2.24) is 30.4 Å². The lowest BCUT2D eigenvalue weighted by Crippen LogP contribution is -2.32. The fourth-order valence-electron chi connectivity index (χ4n) is 3.59. The van der Waals surface area contributed by atoms with Crippen LogP contribution in [-0.4, -0.2) is 36.4 Å². The third-order valence-corrected chi connectivity index (χ3v) is 5.42. The van der Waals surface area contributed by atoms with Gasteiger partial charge in [0.05, 0.1) is 17.9 Å². The molecule has 1 aliphatic carbocycles. The second-order valence-corrected chi connectivity index (χ2v) is 8.09. The molecule has 1 fully saturated rings. The molecule has 5 rings (SSSR count). The SMILES string of the molecule is CC(C)N(Cc1cc(F)cc2[nH]ncc12)c1ncc(F)c(Nc2cc(C3CC3)[nH]n2)n1. The molecule has 1 saturated carbocycles. The molecule has 0 saturated heterocycles. The maximum absolute atomic E-state index is 14.4. The van der Waals surface area contributed by atoms with Gasteiger partial charge >= 0.3 is 0 Å². The van der Waals surface area contributed by atoms with Crippen LogP contribution in [0.25, 0.3) is 10.9 Å². The van der Waals surface area contributed by atoms with Crippen molar-refractivity contribution in [3.8, 4) is 0 Å². The lowest BCUT2D eigenvalue weighted by Gasteiger charge is -2.27. The Labute approximate surface area is 177 Å². The molecule has 31 heavy (non-hydrogen) atoms. The number of aromatic nitrogens is 6. The summed E-state index contributed by atoms with van der Waals surface area (Å²) in [6.45, 7) is 4.29. The maximum atomic E-state index is 14.4. The summed E-state index contributed by atoms with van der Waals surface area (Å²) in [5.41, 5.74) is 2.39. The Balaban J connectivity index is 1.44. The quantitative estimate of drug-likeness (QED) is 0.407. The second-order valence-electron chi connectivity index (χ2n) is 8.09. The number of hydrogen-bond donors (Lipinski definition) is 3. The van der Waals surface area contributed by atoms with Crippen LogP contribution in [-0.2, 0) is 6.54 Å². The first-order valence-corrected chi connectivity index (χ1v) is 10.2. The highest BCUT2D eigenvalue weighted by atomic mass is 19.1. The highest BCUT2D eigenvalue weighted by molar-refractivity contribution is 5.82. The van der Waals surface area contributed by atoms with E-state index in [1.54, 1.807) is 6.20 Å². The molecule has 0 amide bonds. The van der Waals surface area contributed by atoms with E-state index in [1.807, 2.05) is 24.8 Å². The van der Waals surface area contributed by atoms with Crippen molar-refractivity contribution in [2.24, 2.45) is 0 Å². The van der Waals surface area contributed by atoms with Crippen LogP contribution in [0, 0.1) is 11.6 Å². The summed E-state index contributed by atoms with van der Waals surface area (Å²) in [6, 6.07) is 4.73. The molecule has 4 aromatic rings. The smallest absolute Gasteiger partial charge is 0.228 e. The van der Waals surface area contributed by atoms with E-state index in [4.69, 9.17) is 0 Å². The van der Waals surface area contributed by atoms with E-state index in [1.165, 1.54) is 12.1 Å². The highest BCUT2D eigenvalue weighted by Crippen LogP contribution is 2.39. The van der Waals surface area contributed by atoms with Gasteiger partial charge in [-0.2, -0.15) is 15.2 Å². The van der Waals surface area contributed by atoms with Crippen molar-refractivity contribution in [1.29, 1.82) is 0 Å². The van der Waals surface area contributed by atoms with Gasteiger partial charge in [-0.15, -0.1) is 0 Å². The van der Waals surface area contributed by atoms with Gasteiger partial charge in [0.2, 0.25) is 5.95 Å². The minimum absolute atomic E-state index is 0.0182. The van der Waals surface area contributed by atoms with E-state index in [2.05, 4.69) is 35.7 Å². The number of nitrogens with one attached hydrogen (secondary N) is 3. The van der Waals surface area contributed by atoms with Gasteiger partial charge in [0.15, 0.2) is 17.5 Å². The minimum Gasteiger partial charge on any atom is -0.334 e. The molecule has 0 radical (unpaired) electrons. The van der Waals surface area contributed by atoms with E-state index >= 15 is 0 Å². The third-order valence-electron chi connectivity index (χ3n) is 5.42. The average molecular weight is 424 g/mol. The summed E-state index contributed by atoms with van der Waals surface area (Å²) in [5, 5.41) is 17.7. The molecule has 3 N–H and O–H groups in total. The van der Waals surface area contributed by atoms with Gasteiger partial charge in [-0.05, 0) is 44.4 Å². The van der Waals surface area contributed by atoms with E-state index < -0.39 is 5.82 Å². The molecule has 8 nitrogen and oxygen atoms in total. The van der Waals surface area contributed by atoms with Crippen LogP contribution in [0.3, 0.4) is 0 Å². The zero-order chi connectivity index (χ0) is 21.5. The Bertz CT molecular complexity index is 1230. The molecule has 1 aromatic carbocycles. The predicted octanol–water partition coefficient (Wildman–Crippen LogP) is 4.39. The number of halogens is 2. The van der Waals surface area contributed by atoms with Crippen molar-refractivity contribution in [2.45, 2.75) is 45.2 Å². The maximum Gasteiger partial charge on any atom is 0.228 e. The Morgan fingerprint density at radius 2 is 2.00 bits per heavy atom. The number of nitrogens with zero attached hydrogens (tertiary/aromatic N) is 5. The molecule has 3 aromatic heterocycles. The Morgan fingerprint density at radius 1 is 1.16 bits per heavy atom. The Kier molecular flexibility index (Phi) is 4.76. The number of hydrogen-bond acceptors (Lipinski definition) is 6. The third kappa shape index (κ3) is 3.92. The minimum atomic E-state index is -0.577. The van der Waals surface area contributed by atoms with E-state index in [0.29, 0.717) is 29.7 Å². The van der Waals surface area contributed by atoms with Crippen LogP contribution in [0.15, 0.2) is 30.6 Å². The Hall–Kier alpha value is -3.56. The molecule has 10 heteroatoms. The number of aromatic amines is 2. The van der Waals surface area contributed by atoms with Crippen molar-refractivity contribution in [3.05, 3.63) is 53.5 Å². The molecule has 0 atom stereocenters. The van der Waals surface area contributed by atoms with E-state index in [0.717, 1.165) is 35.7 Å². The molecule has 0 spiro atoms. The number of fused-ring (bicyclic) bond motifs is 1. The monoisotopic (exact) mass is 424 g/mol. The van der Waals surface area contributed by atoms with Crippen molar-refractivity contribution >= 4 is 28.5 Å². The molecule has 0 unspecified atom stereocenters. The van der Waals surface area contributed by atoms with Crippen LogP contribution < -0.4 is 10.2 Å². The zero-order valence-electron chi connectivity index (χ0n) is 17.2. The summed E-state index contributed by atoms with van der Waals surface area (Å²) in [4.78, 5) is 10.5. The van der Waals surface area contributed by atoms with Crippen molar-refractivity contribution in [2.75, 3.05) is 10.2 Å². The lowest BCUT2D eigenvalue weighted by atomic mass is 10.1. The van der Waals surface area contributed by atoms with Crippen molar-refractivity contribution < 1.29 is 8.78 Å². The number of rotatable bonds is 7. The van der Waals surface area contributed by atoms with Crippen LogP contribution in [0.5, 0.6) is 0 Å². The molecular weight excluding hydrogens is 402 g/mol. The lowest BCUT2D eigenvalue weighted by molar-refractivity contribution is 0.606. The van der Waals surface area contributed by atoms with Crippen LogP contribution in [0.4, 0.5) is 26.4 Å². The summed E-state index contributed by atoms with van der Waals surface area (Å²) in [5.74, 6) is 0.451. The molecule has 160 valence electrons. The molecule has 1 aliphatic rings. The first-order valence-electron chi connectivity index (χ1n) is 10.2. The van der Waals surface area contributed by atoms with Crippen LogP contribution >= 0.6 is 0 Å². The van der Waals surface area contributed by atoms with Crippen LogP contribution in [0.1, 0.15) is 43.9 Å². The number of benzene rings is 1. The second kappa shape index (κ2) is 7.60. The summed E-state index contributed by atoms with van der Waals surface area (Å²) >= 11 is 0. The molecular formula is C21H22F2N8. The standard InChI is InChI=1S/C21H22F2N8/c1-11(2)31(10-13-5-14(22)6-18-15(13)8-25-28-18)21-24-9-16(23)20(27-21)26-19-7-17(29-30-19)12-3-4-12/h5-9,11-12H,3-4,10H2,1-2H3,(H,25,28)(H2,24,26,27,29,30). The number of anilines is 3. The van der Waals surface area contributed by atoms with Gasteiger partial charge in [0.25, 0.3) is 0 Å². The average Bonchev–Trinajstić information content (AvgIpc) is 3.29. The fraction of sp³-hybridized carbons (Fsp3) is 0.333.